The summed E-state index contributed by atoms with van der Waals surface area (Å²) in [6, 6.07) is 15.8. The van der Waals surface area contributed by atoms with Crippen LogP contribution < -0.4 is 10.1 Å². The van der Waals surface area contributed by atoms with Crippen LogP contribution in [0.4, 0.5) is 10.5 Å². The predicted molar refractivity (Wildman–Crippen MR) is 114 cm³/mol. The number of aromatic nitrogens is 1. The second-order valence-corrected chi connectivity index (χ2v) is 6.83. The van der Waals surface area contributed by atoms with Gasteiger partial charge in [-0.3, -0.25) is 5.32 Å². The second kappa shape index (κ2) is 8.70. The average molecular weight is 391 g/mol. The fraction of sp³-hybridized carbons (Fsp3) is 0.304. The summed E-state index contributed by atoms with van der Waals surface area (Å²) in [5, 5.41) is 13.5. The van der Waals surface area contributed by atoms with Gasteiger partial charge in [0.15, 0.2) is 0 Å². The molecule has 1 N–H and O–H groups in total. The van der Waals surface area contributed by atoms with Gasteiger partial charge in [0, 0.05) is 23.2 Å². The fourth-order valence-corrected chi connectivity index (χ4v) is 3.48. The van der Waals surface area contributed by atoms with Crippen LogP contribution in [0.25, 0.3) is 22.2 Å². The van der Waals surface area contributed by atoms with Gasteiger partial charge in [0.2, 0.25) is 0 Å². The van der Waals surface area contributed by atoms with Gasteiger partial charge in [-0.1, -0.05) is 12.1 Å². The molecule has 1 heterocycles. The van der Waals surface area contributed by atoms with Gasteiger partial charge in [-0.25, -0.2) is 4.79 Å². The summed E-state index contributed by atoms with van der Waals surface area (Å²) in [5.41, 5.74) is 3.98. The van der Waals surface area contributed by atoms with Gasteiger partial charge in [-0.2, -0.15) is 5.26 Å². The van der Waals surface area contributed by atoms with Crippen LogP contribution in [0.1, 0.15) is 39.3 Å². The van der Waals surface area contributed by atoms with Gasteiger partial charge in [0.1, 0.15) is 11.8 Å². The van der Waals surface area contributed by atoms with E-state index in [-0.39, 0.29) is 6.04 Å². The third-order valence-electron chi connectivity index (χ3n) is 4.60. The number of hydrogen-bond donors (Lipinski definition) is 1. The lowest BCUT2D eigenvalue weighted by Gasteiger charge is -2.16. The minimum atomic E-state index is -0.488. The van der Waals surface area contributed by atoms with Crippen LogP contribution in [0.2, 0.25) is 0 Å². The Morgan fingerprint density at radius 1 is 1.14 bits per heavy atom. The maximum Gasteiger partial charge on any atom is 0.411 e. The van der Waals surface area contributed by atoms with E-state index < -0.39 is 6.09 Å². The van der Waals surface area contributed by atoms with Crippen molar-refractivity contribution in [2.45, 2.75) is 33.7 Å². The van der Waals surface area contributed by atoms with Crippen molar-refractivity contribution in [3.05, 3.63) is 48.0 Å². The number of amides is 1. The van der Waals surface area contributed by atoms with Crippen LogP contribution in [-0.4, -0.2) is 23.9 Å². The molecule has 0 atom stereocenters. The maximum absolute atomic E-state index is 11.6. The van der Waals surface area contributed by atoms with E-state index in [9.17, 15) is 10.1 Å². The van der Waals surface area contributed by atoms with Gasteiger partial charge in [0.25, 0.3) is 0 Å². The summed E-state index contributed by atoms with van der Waals surface area (Å²) >= 11 is 0. The molecule has 1 aromatic heterocycles. The van der Waals surface area contributed by atoms with E-state index in [0.717, 1.165) is 27.9 Å². The summed E-state index contributed by atoms with van der Waals surface area (Å²) in [6.45, 7) is 8.79. The number of nitrogens with zero attached hydrogens (tertiary/aromatic N) is 2. The predicted octanol–water partition coefficient (Wildman–Crippen LogP) is 5.73. The van der Waals surface area contributed by atoms with Crippen LogP contribution in [0.5, 0.6) is 5.75 Å². The van der Waals surface area contributed by atoms with E-state index in [1.165, 1.54) is 0 Å². The number of benzene rings is 2. The standard InChI is InChI=1S/C23H25N3O3/c1-5-28-18-11-12-19-20(14-24)22(26(15(3)4)21(19)13-18)16-7-9-17(10-8-16)25-23(27)29-6-2/h7-13,15H,5-6H2,1-4H3,(H,25,27). The summed E-state index contributed by atoms with van der Waals surface area (Å²) in [6.07, 6.45) is -0.488. The Morgan fingerprint density at radius 3 is 2.45 bits per heavy atom. The molecular weight excluding hydrogens is 366 g/mol. The Labute approximate surface area is 170 Å². The third-order valence-corrected chi connectivity index (χ3v) is 4.60. The molecule has 0 unspecified atom stereocenters. The zero-order valence-corrected chi connectivity index (χ0v) is 17.2. The molecule has 0 aliphatic rings. The van der Waals surface area contributed by atoms with E-state index >= 15 is 0 Å². The molecule has 0 bridgehead atoms. The van der Waals surface area contributed by atoms with Crippen LogP contribution in [0.3, 0.4) is 0 Å². The van der Waals surface area contributed by atoms with Crippen LogP contribution >= 0.6 is 0 Å². The number of carbonyl (C=O) groups excluding carboxylic acids is 1. The van der Waals surface area contributed by atoms with Crippen molar-refractivity contribution < 1.29 is 14.3 Å². The van der Waals surface area contributed by atoms with Gasteiger partial charge in [-0.15, -0.1) is 0 Å². The number of nitrogens with one attached hydrogen (secondary N) is 1. The number of hydrogen-bond acceptors (Lipinski definition) is 4. The van der Waals surface area contributed by atoms with Gasteiger partial charge in [-0.05, 0) is 57.5 Å². The van der Waals surface area contributed by atoms with Crippen molar-refractivity contribution >= 4 is 22.7 Å². The van der Waals surface area contributed by atoms with E-state index in [1.54, 1.807) is 19.1 Å². The van der Waals surface area contributed by atoms with Crippen LogP contribution in [0.15, 0.2) is 42.5 Å². The zero-order valence-electron chi connectivity index (χ0n) is 17.2. The Bertz CT molecular complexity index is 1060. The minimum Gasteiger partial charge on any atom is -0.494 e. The number of carbonyl (C=O) groups is 1. The molecule has 0 fully saturated rings. The first-order valence-electron chi connectivity index (χ1n) is 9.75. The number of anilines is 1. The van der Waals surface area contributed by atoms with Crippen LogP contribution in [-0.2, 0) is 4.74 Å². The lowest BCUT2D eigenvalue weighted by molar-refractivity contribution is 0.168. The van der Waals surface area contributed by atoms with E-state index in [4.69, 9.17) is 9.47 Å². The minimum absolute atomic E-state index is 0.142. The lowest BCUT2D eigenvalue weighted by Crippen LogP contribution is -2.13. The highest BCUT2D eigenvalue weighted by atomic mass is 16.5. The molecule has 29 heavy (non-hydrogen) atoms. The molecule has 0 radical (unpaired) electrons. The van der Waals surface area contributed by atoms with Crippen LogP contribution in [0, 0.1) is 11.3 Å². The van der Waals surface area contributed by atoms with E-state index in [1.807, 2.05) is 37.3 Å². The Kier molecular flexibility index (Phi) is 6.08. The maximum atomic E-state index is 11.6. The fourth-order valence-electron chi connectivity index (χ4n) is 3.48. The van der Waals surface area contributed by atoms with E-state index in [2.05, 4.69) is 29.8 Å². The summed E-state index contributed by atoms with van der Waals surface area (Å²) in [7, 11) is 0. The first-order valence-corrected chi connectivity index (χ1v) is 9.75. The molecule has 0 spiro atoms. The molecule has 0 aliphatic carbocycles. The summed E-state index contributed by atoms with van der Waals surface area (Å²) < 4.78 is 12.7. The number of rotatable bonds is 6. The number of fused-ring (bicyclic) bond motifs is 1. The molecule has 2 aromatic carbocycles. The number of nitriles is 1. The molecule has 150 valence electrons. The van der Waals surface area contributed by atoms with Gasteiger partial charge < -0.3 is 14.0 Å². The Hall–Kier alpha value is -3.46. The van der Waals surface area contributed by atoms with Crippen molar-refractivity contribution in [1.82, 2.24) is 4.57 Å². The zero-order chi connectivity index (χ0) is 21.0. The first kappa shape index (κ1) is 20.3. The molecule has 0 saturated heterocycles. The SMILES string of the molecule is CCOC(=O)Nc1ccc(-c2c(C#N)c3ccc(OCC)cc3n2C(C)C)cc1. The highest BCUT2D eigenvalue weighted by Crippen LogP contribution is 2.37. The Balaban J connectivity index is 2.12. The average Bonchev–Trinajstić information content (AvgIpc) is 3.02. The highest BCUT2D eigenvalue weighted by Gasteiger charge is 2.21. The summed E-state index contributed by atoms with van der Waals surface area (Å²) in [5.74, 6) is 0.782. The largest absolute Gasteiger partial charge is 0.494 e. The van der Waals surface area contributed by atoms with Crippen molar-refractivity contribution in [3.8, 4) is 23.1 Å². The van der Waals surface area contributed by atoms with E-state index in [0.29, 0.717) is 24.5 Å². The van der Waals surface area contributed by atoms with Gasteiger partial charge >= 0.3 is 6.09 Å². The quantitative estimate of drug-likeness (QED) is 0.582. The lowest BCUT2D eigenvalue weighted by atomic mass is 10.1. The molecule has 3 rings (SSSR count). The van der Waals surface area contributed by atoms with Gasteiger partial charge in [0.05, 0.1) is 30.0 Å². The molecule has 0 aliphatic heterocycles. The topological polar surface area (TPSA) is 76.3 Å². The second-order valence-electron chi connectivity index (χ2n) is 6.83. The Morgan fingerprint density at radius 2 is 1.86 bits per heavy atom. The van der Waals surface area contributed by atoms with Crippen molar-refractivity contribution in [2.75, 3.05) is 18.5 Å². The first-order chi connectivity index (χ1) is 14.0. The molecule has 6 nitrogen and oxygen atoms in total. The van der Waals surface area contributed by atoms with Crippen molar-refractivity contribution in [3.63, 3.8) is 0 Å². The molecule has 1 amide bonds. The normalized spacial score (nSPS) is 10.8. The smallest absolute Gasteiger partial charge is 0.411 e. The highest BCUT2D eigenvalue weighted by molar-refractivity contribution is 5.95. The van der Waals surface area contributed by atoms with Crippen molar-refractivity contribution in [1.29, 1.82) is 5.26 Å². The molecule has 6 heteroatoms. The third kappa shape index (κ3) is 4.04. The molecule has 3 aromatic rings. The molecule has 0 saturated carbocycles. The van der Waals surface area contributed by atoms with Crippen molar-refractivity contribution in [2.24, 2.45) is 0 Å². The molecular formula is C23H25N3O3. The number of ether oxygens (including phenoxy) is 2. The monoisotopic (exact) mass is 391 g/mol. The summed E-state index contributed by atoms with van der Waals surface area (Å²) in [4.78, 5) is 11.6.